The molecule has 2 heterocycles. The van der Waals surface area contributed by atoms with E-state index >= 15 is 0 Å². The van der Waals surface area contributed by atoms with Crippen molar-refractivity contribution in [3.8, 4) is 0 Å². The molecule has 0 bridgehead atoms. The molecule has 0 spiro atoms. The van der Waals surface area contributed by atoms with E-state index in [2.05, 4.69) is 5.10 Å². The fraction of sp³-hybridized carbons (Fsp3) is 0.722. The van der Waals surface area contributed by atoms with Gasteiger partial charge in [-0.15, -0.1) is 0 Å². The molecule has 134 valence electrons. The van der Waals surface area contributed by atoms with Gasteiger partial charge in [0.2, 0.25) is 5.91 Å². The van der Waals surface area contributed by atoms with Crippen LogP contribution in [0.1, 0.15) is 49.6 Å². The van der Waals surface area contributed by atoms with Crippen LogP contribution in [0.25, 0.3) is 0 Å². The first-order chi connectivity index (χ1) is 11.3. The smallest absolute Gasteiger partial charge is 0.303 e. The van der Waals surface area contributed by atoms with Crippen molar-refractivity contribution >= 4 is 11.9 Å². The predicted molar refractivity (Wildman–Crippen MR) is 91.7 cm³/mol. The van der Waals surface area contributed by atoms with Crippen molar-refractivity contribution in [2.75, 3.05) is 13.1 Å². The molecule has 1 amide bonds. The Morgan fingerprint density at radius 2 is 2.08 bits per heavy atom. The maximum Gasteiger partial charge on any atom is 0.303 e. The molecule has 1 aliphatic rings. The molecule has 0 radical (unpaired) electrons. The van der Waals surface area contributed by atoms with Gasteiger partial charge in [-0.3, -0.25) is 14.3 Å². The zero-order valence-electron chi connectivity index (χ0n) is 15.2. The molecule has 0 aromatic carbocycles. The number of rotatable bonds is 6. The van der Waals surface area contributed by atoms with Gasteiger partial charge in [0, 0.05) is 38.2 Å². The standard InChI is InChI=1S/C18H29N3O3/c1-12(10-16-13(2)19-20(4)14(16)3)18(24)21-9-5-6-15(11-21)7-8-17(22)23/h12,15H,5-11H2,1-4H3,(H,22,23)/t12-,15+/m1/s1. The number of aromatic nitrogens is 2. The van der Waals surface area contributed by atoms with E-state index in [0.717, 1.165) is 36.3 Å². The van der Waals surface area contributed by atoms with Gasteiger partial charge in [-0.1, -0.05) is 6.92 Å². The molecule has 0 unspecified atom stereocenters. The highest BCUT2D eigenvalue weighted by atomic mass is 16.4. The van der Waals surface area contributed by atoms with E-state index in [1.807, 2.05) is 37.4 Å². The highest BCUT2D eigenvalue weighted by Gasteiger charge is 2.28. The molecular weight excluding hydrogens is 306 g/mol. The Kier molecular flexibility index (Phi) is 6.02. The molecule has 6 nitrogen and oxygen atoms in total. The topological polar surface area (TPSA) is 75.4 Å². The van der Waals surface area contributed by atoms with Gasteiger partial charge in [-0.25, -0.2) is 0 Å². The van der Waals surface area contributed by atoms with E-state index in [1.54, 1.807) is 0 Å². The molecule has 1 saturated heterocycles. The van der Waals surface area contributed by atoms with Gasteiger partial charge >= 0.3 is 5.97 Å². The van der Waals surface area contributed by atoms with Crippen LogP contribution in [-0.4, -0.2) is 44.8 Å². The summed E-state index contributed by atoms with van der Waals surface area (Å²) in [5.41, 5.74) is 3.27. The number of carboxylic acids is 1. The van der Waals surface area contributed by atoms with Crippen LogP contribution in [-0.2, 0) is 23.1 Å². The van der Waals surface area contributed by atoms with E-state index in [0.29, 0.717) is 25.3 Å². The number of aryl methyl sites for hydroxylation is 2. The average molecular weight is 335 g/mol. The molecule has 24 heavy (non-hydrogen) atoms. The first kappa shape index (κ1) is 18.5. The SMILES string of the molecule is Cc1nn(C)c(C)c1C[C@@H](C)C(=O)N1CCC[C@@H](CCC(=O)O)C1. The zero-order valence-corrected chi connectivity index (χ0v) is 15.2. The molecule has 6 heteroatoms. The third-order valence-corrected chi connectivity index (χ3v) is 5.19. The minimum Gasteiger partial charge on any atom is -0.481 e. The number of nitrogens with zero attached hydrogens (tertiary/aromatic N) is 3. The first-order valence-corrected chi connectivity index (χ1v) is 8.79. The van der Waals surface area contributed by atoms with Crippen LogP contribution < -0.4 is 0 Å². The van der Waals surface area contributed by atoms with Gasteiger partial charge in [0.05, 0.1) is 5.69 Å². The summed E-state index contributed by atoms with van der Waals surface area (Å²) in [5.74, 6) is -0.343. The monoisotopic (exact) mass is 335 g/mol. The fourth-order valence-corrected chi connectivity index (χ4v) is 3.65. The Bertz CT molecular complexity index is 609. The normalized spacial score (nSPS) is 19.3. The molecule has 0 saturated carbocycles. The fourth-order valence-electron chi connectivity index (χ4n) is 3.65. The van der Waals surface area contributed by atoms with Crippen LogP contribution in [0.4, 0.5) is 0 Å². The van der Waals surface area contributed by atoms with Crippen LogP contribution >= 0.6 is 0 Å². The van der Waals surface area contributed by atoms with Crippen molar-refractivity contribution in [1.82, 2.24) is 14.7 Å². The van der Waals surface area contributed by atoms with Crippen molar-refractivity contribution in [3.05, 3.63) is 17.0 Å². The third kappa shape index (κ3) is 4.36. The maximum absolute atomic E-state index is 12.8. The third-order valence-electron chi connectivity index (χ3n) is 5.19. The lowest BCUT2D eigenvalue weighted by atomic mass is 9.91. The largest absolute Gasteiger partial charge is 0.481 e. The number of piperidine rings is 1. The van der Waals surface area contributed by atoms with Crippen molar-refractivity contribution in [3.63, 3.8) is 0 Å². The van der Waals surface area contributed by atoms with Crippen LogP contribution in [0, 0.1) is 25.7 Å². The molecule has 2 rings (SSSR count). The van der Waals surface area contributed by atoms with Gasteiger partial charge in [0.1, 0.15) is 0 Å². The quantitative estimate of drug-likeness (QED) is 0.865. The lowest BCUT2D eigenvalue weighted by Crippen LogP contribution is -2.43. The van der Waals surface area contributed by atoms with Gasteiger partial charge in [0.25, 0.3) is 0 Å². The Balaban J connectivity index is 1.95. The molecule has 2 atom stereocenters. The summed E-state index contributed by atoms with van der Waals surface area (Å²) in [6.45, 7) is 7.49. The molecule has 0 aliphatic carbocycles. The number of aliphatic carboxylic acids is 1. The number of likely N-dealkylation sites (tertiary alicyclic amines) is 1. The highest BCUT2D eigenvalue weighted by molar-refractivity contribution is 5.79. The summed E-state index contributed by atoms with van der Waals surface area (Å²) in [6.07, 6.45) is 3.55. The van der Waals surface area contributed by atoms with E-state index in [9.17, 15) is 9.59 Å². The summed E-state index contributed by atoms with van der Waals surface area (Å²) in [7, 11) is 1.93. The van der Waals surface area contributed by atoms with Crippen LogP contribution in [0.15, 0.2) is 0 Å². The first-order valence-electron chi connectivity index (χ1n) is 8.79. The summed E-state index contributed by atoms with van der Waals surface area (Å²) >= 11 is 0. The number of carbonyl (C=O) groups is 2. The minimum atomic E-state index is -0.755. The number of carboxylic acid groups (broad SMARTS) is 1. The van der Waals surface area contributed by atoms with Gasteiger partial charge < -0.3 is 10.0 Å². The molecule has 1 aromatic heterocycles. The summed E-state index contributed by atoms with van der Waals surface area (Å²) in [4.78, 5) is 25.5. The predicted octanol–water partition coefficient (Wildman–Crippen LogP) is 2.32. The van der Waals surface area contributed by atoms with E-state index < -0.39 is 5.97 Å². The highest BCUT2D eigenvalue weighted by Crippen LogP contribution is 2.24. The molecule has 1 fully saturated rings. The Labute approximate surface area is 143 Å². The molecule has 1 aliphatic heterocycles. The van der Waals surface area contributed by atoms with Crippen molar-refractivity contribution in [1.29, 1.82) is 0 Å². The van der Waals surface area contributed by atoms with Crippen molar-refractivity contribution < 1.29 is 14.7 Å². The Morgan fingerprint density at radius 1 is 1.38 bits per heavy atom. The number of hydrogen-bond donors (Lipinski definition) is 1. The van der Waals surface area contributed by atoms with Crippen LogP contribution in [0.2, 0.25) is 0 Å². The average Bonchev–Trinajstić information content (AvgIpc) is 2.78. The van der Waals surface area contributed by atoms with Crippen molar-refractivity contribution in [2.45, 2.75) is 52.9 Å². The van der Waals surface area contributed by atoms with Crippen LogP contribution in [0.5, 0.6) is 0 Å². The Hall–Kier alpha value is -1.85. The maximum atomic E-state index is 12.8. The summed E-state index contributed by atoms with van der Waals surface area (Å²) in [6, 6.07) is 0. The molecule has 1 N–H and O–H groups in total. The lowest BCUT2D eigenvalue weighted by Gasteiger charge is -2.34. The number of hydrogen-bond acceptors (Lipinski definition) is 3. The second-order valence-electron chi connectivity index (χ2n) is 7.10. The lowest BCUT2D eigenvalue weighted by molar-refractivity contribution is -0.137. The second kappa shape index (κ2) is 7.81. The minimum absolute atomic E-state index is 0.0789. The van der Waals surface area contributed by atoms with Gasteiger partial charge in [-0.2, -0.15) is 5.10 Å². The summed E-state index contributed by atoms with van der Waals surface area (Å²) in [5, 5.41) is 13.3. The number of carbonyl (C=O) groups excluding carboxylic acids is 1. The van der Waals surface area contributed by atoms with E-state index in [1.165, 1.54) is 0 Å². The number of amides is 1. The van der Waals surface area contributed by atoms with Crippen LogP contribution in [0.3, 0.4) is 0 Å². The molecular formula is C18H29N3O3. The second-order valence-corrected chi connectivity index (χ2v) is 7.10. The van der Waals surface area contributed by atoms with Gasteiger partial charge in [-0.05, 0) is 51.0 Å². The van der Waals surface area contributed by atoms with Gasteiger partial charge in [0.15, 0.2) is 0 Å². The Morgan fingerprint density at radius 3 is 2.67 bits per heavy atom. The molecule has 1 aromatic rings. The summed E-state index contributed by atoms with van der Waals surface area (Å²) < 4.78 is 1.87. The van der Waals surface area contributed by atoms with E-state index in [4.69, 9.17) is 5.11 Å². The van der Waals surface area contributed by atoms with Crippen molar-refractivity contribution in [2.24, 2.45) is 18.9 Å². The van der Waals surface area contributed by atoms with E-state index in [-0.39, 0.29) is 18.2 Å². The zero-order chi connectivity index (χ0) is 17.9.